The van der Waals surface area contributed by atoms with Gasteiger partial charge < -0.3 is 10.2 Å². The van der Waals surface area contributed by atoms with E-state index in [1.54, 1.807) is 35.2 Å². The molecule has 42 heavy (non-hydrogen) atoms. The lowest BCUT2D eigenvalue weighted by Crippen LogP contribution is -2.54. The summed E-state index contributed by atoms with van der Waals surface area (Å²) in [4.78, 5) is 29.5. The molecule has 8 heteroatoms. The van der Waals surface area contributed by atoms with Crippen LogP contribution in [0, 0.1) is 0 Å². The molecule has 224 valence electrons. The minimum absolute atomic E-state index is 0.0995. The molecule has 3 aromatic rings. The fourth-order valence-electron chi connectivity index (χ4n) is 5.52. The molecule has 1 atom stereocenters. The maximum absolute atomic E-state index is 14.2. The zero-order valence-corrected chi connectivity index (χ0v) is 25.7. The summed E-state index contributed by atoms with van der Waals surface area (Å²) >= 11 is 0. The molecule has 1 fully saturated rings. The second-order valence-electron chi connectivity index (χ2n) is 11.3. The van der Waals surface area contributed by atoms with E-state index in [9.17, 15) is 18.0 Å². The first-order chi connectivity index (χ1) is 20.2. The third kappa shape index (κ3) is 7.79. The molecule has 1 aliphatic rings. The fourth-order valence-corrected chi connectivity index (χ4v) is 6.95. The molecule has 4 rings (SSSR count). The van der Waals surface area contributed by atoms with Crippen LogP contribution in [-0.2, 0) is 26.2 Å². The molecule has 0 radical (unpaired) electrons. The lowest BCUT2D eigenvalue weighted by Gasteiger charge is -2.34. The predicted molar refractivity (Wildman–Crippen MR) is 168 cm³/mol. The Bertz CT molecular complexity index is 1400. The number of rotatable bonds is 12. The van der Waals surface area contributed by atoms with Crippen LogP contribution in [0.4, 0.5) is 5.69 Å². The van der Waals surface area contributed by atoms with Crippen molar-refractivity contribution in [3.05, 3.63) is 96.1 Å². The van der Waals surface area contributed by atoms with Gasteiger partial charge in [-0.1, -0.05) is 101 Å². The highest BCUT2D eigenvalue weighted by molar-refractivity contribution is 7.92. The van der Waals surface area contributed by atoms with Crippen molar-refractivity contribution in [3.63, 3.8) is 0 Å². The summed E-state index contributed by atoms with van der Waals surface area (Å²) in [6, 6.07) is 24.3. The molecule has 1 aliphatic carbocycles. The molecular weight excluding hydrogens is 546 g/mol. The summed E-state index contributed by atoms with van der Waals surface area (Å²) in [6.07, 6.45) is 5.61. The zero-order valence-electron chi connectivity index (χ0n) is 24.9. The molecule has 0 aliphatic heterocycles. The van der Waals surface area contributed by atoms with Gasteiger partial charge in [0.15, 0.2) is 0 Å². The quantitative estimate of drug-likeness (QED) is 0.270. The van der Waals surface area contributed by atoms with Crippen LogP contribution in [0.3, 0.4) is 0 Å². The first-order valence-corrected chi connectivity index (χ1v) is 16.5. The van der Waals surface area contributed by atoms with Crippen molar-refractivity contribution in [1.29, 1.82) is 0 Å². The van der Waals surface area contributed by atoms with Gasteiger partial charge in [-0.15, -0.1) is 0 Å². The monoisotopic (exact) mass is 589 g/mol. The number of hydrogen-bond donors (Lipinski definition) is 1. The van der Waals surface area contributed by atoms with Crippen molar-refractivity contribution in [1.82, 2.24) is 10.2 Å². The molecule has 0 heterocycles. The minimum Gasteiger partial charge on any atom is -0.352 e. The molecule has 0 unspecified atom stereocenters. The van der Waals surface area contributed by atoms with Gasteiger partial charge in [-0.3, -0.25) is 13.9 Å². The molecule has 1 saturated carbocycles. The highest BCUT2D eigenvalue weighted by Crippen LogP contribution is 2.27. The first kappa shape index (κ1) is 31.3. The van der Waals surface area contributed by atoms with Gasteiger partial charge in [0, 0.05) is 12.6 Å². The van der Waals surface area contributed by atoms with Crippen LogP contribution in [0.2, 0.25) is 0 Å². The van der Waals surface area contributed by atoms with Crippen molar-refractivity contribution in [2.24, 2.45) is 0 Å². The number of carbonyl (C=O) groups excluding carboxylic acids is 2. The molecule has 0 spiro atoms. The average molecular weight is 590 g/mol. The molecule has 3 aromatic carbocycles. The number of nitrogens with zero attached hydrogens (tertiary/aromatic N) is 2. The van der Waals surface area contributed by atoms with Crippen LogP contribution in [-0.4, -0.2) is 43.8 Å². The third-order valence-electron chi connectivity index (χ3n) is 7.99. The van der Waals surface area contributed by atoms with Crippen LogP contribution in [0.5, 0.6) is 0 Å². The maximum atomic E-state index is 14.2. The molecule has 7 nitrogen and oxygen atoms in total. The largest absolute Gasteiger partial charge is 0.352 e. The lowest BCUT2D eigenvalue weighted by atomic mass is 9.95. The van der Waals surface area contributed by atoms with Crippen molar-refractivity contribution in [2.75, 3.05) is 10.8 Å². The number of anilines is 1. The summed E-state index contributed by atoms with van der Waals surface area (Å²) in [5, 5.41) is 3.18. The van der Waals surface area contributed by atoms with Crippen LogP contribution in [0.1, 0.15) is 76.3 Å². The van der Waals surface area contributed by atoms with E-state index >= 15 is 0 Å². The molecule has 0 bridgehead atoms. The number of sulfonamides is 1. The topological polar surface area (TPSA) is 86.8 Å². The summed E-state index contributed by atoms with van der Waals surface area (Å²) in [6.45, 7) is 5.79. The van der Waals surface area contributed by atoms with E-state index in [2.05, 4.69) is 19.2 Å². The summed E-state index contributed by atoms with van der Waals surface area (Å²) < 4.78 is 29.1. The molecule has 2 amide bonds. The molecule has 0 saturated heterocycles. The predicted octanol–water partition coefficient (Wildman–Crippen LogP) is 6.26. The van der Waals surface area contributed by atoms with Crippen LogP contribution in [0.15, 0.2) is 89.8 Å². The molecule has 0 aromatic heterocycles. The van der Waals surface area contributed by atoms with Crippen molar-refractivity contribution < 1.29 is 18.0 Å². The Morgan fingerprint density at radius 3 is 2.02 bits per heavy atom. The Balaban J connectivity index is 1.69. The van der Waals surface area contributed by atoms with Crippen molar-refractivity contribution >= 4 is 27.5 Å². The van der Waals surface area contributed by atoms with Crippen LogP contribution in [0.25, 0.3) is 0 Å². The van der Waals surface area contributed by atoms with E-state index in [0.717, 1.165) is 36.8 Å². The second-order valence-corrected chi connectivity index (χ2v) is 13.2. The van der Waals surface area contributed by atoms with Gasteiger partial charge in [-0.2, -0.15) is 0 Å². The van der Waals surface area contributed by atoms with Gasteiger partial charge in [-0.05, 0) is 60.6 Å². The summed E-state index contributed by atoms with van der Waals surface area (Å²) in [7, 11) is -4.08. The Hall–Kier alpha value is -3.65. The smallest absolute Gasteiger partial charge is 0.264 e. The van der Waals surface area contributed by atoms with Gasteiger partial charge in [0.05, 0.1) is 10.6 Å². The summed E-state index contributed by atoms with van der Waals surface area (Å²) in [5.74, 6) is -0.349. The van der Waals surface area contributed by atoms with Gasteiger partial charge in [0.25, 0.3) is 10.0 Å². The van der Waals surface area contributed by atoms with E-state index in [1.807, 2.05) is 49.4 Å². The normalized spacial score (nSPS) is 14.8. The first-order valence-electron chi connectivity index (χ1n) is 15.0. The second kappa shape index (κ2) is 14.5. The average Bonchev–Trinajstić information content (AvgIpc) is 3.01. The highest BCUT2D eigenvalue weighted by Gasteiger charge is 2.34. The summed E-state index contributed by atoms with van der Waals surface area (Å²) in [5.41, 5.74) is 2.34. The maximum Gasteiger partial charge on any atom is 0.264 e. The Labute approximate surface area is 251 Å². The van der Waals surface area contributed by atoms with Gasteiger partial charge in [0.2, 0.25) is 11.8 Å². The SMILES string of the molecule is CC[C@@H](C(=O)NC1CCCCC1)N(Cc1ccccc1)C(=O)CN(c1ccc(C(C)C)cc1)S(=O)(=O)c1ccccc1. The van der Waals surface area contributed by atoms with Crippen molar-refractivity contribution in [3.8, 4) is 0 Å². The Morgan fingerprint density at radius 1 is 0.857 bits per heavy atom. The van der Waals surface area contributed by atoms with Crippen LogP contribution < -0.4 is 9.62 Å². The van der Waals surface area contributed by atoms with E-state index in [4.69, 9.17) is 0 Å². The van der Waals surface area contributed by atoms with Gasteiger partial charge in [-0.25, -0.2) is 8.42 Å². The number of benzene rings is 3. The number of amides is 2. The van der Waals surface area contributed by atoms with E-state index < -0.39 is 28.5 Å². The van der Waals surface area contributed by atoms with Crippen LogP contribution >= 0.6 is 0 Å². The fraction of sp³-hybridized carbons (Fsp3) is 0.412. The Morgan fingerprint density at radius 2 is 1.45 bits per heavy atom. The third-order valence-corrected chi connectivity index (χ3v) is 9.78. The van der Waals surface area contributed by atoms with E-state index in [1.165, 1.54) is 22.9 Å². The van der Waals surface area contributed by atoms with E-state index in [-0.39, 0.29) is 29.3 Å². The van der Waals surface area contributed by atoms with E-state index in [0.29, 0.717) is 12.1 Å². The Kier molecular flexibility index (Phi) is 10.8. The van der Waals surface area contributed by atoms with Crippen molar-refractivity contribution in [2.45, 2.75) is 88.7 Å². The minimum atomic E-state index is -4.08. The van der Waals surface area contributed by atoms with Gasteiger partial charge >= 0.3 is 0 Å². The number of carbonyl (C=O) groups is 2. The molecule has 1 N–H and O–H groups in total. The molecular formula is C34H43N3O4S. The van der Waals surface area contributed by atoms with Gasteiger partial charge in [0.1, 0.15) is 12.6 Å². The zero-order chi connectivity index (χ0) is 30.1. The standard InChI is InChI=1S/C34H43N3O4S/c1-4-32(34(39)35-29-16-10-6-11-17-29)36(24-27-14-8-5-9-15-27)33(38)25-37(30-22-20-28(21-23-30)26(2)3)42(40,41)31-18-12-7-13-19-31/h5,7-9,12-15,18-23,26,29,32H,4,6,10-11,16-17,24-25H2,1-3H3,(H,35,39)/t32-/m0/s1. The number of hydrogen-bond acceptors (Lipinski definition) is 4. The number of nitrogens with one attached hydrogen (secondary N) is 1. The lowest BCUT2D eigenvalue weighted by molar-refractivity contribution is -0.140. The highest BCUT2D eigenvalue weighted by atomic mass is 32.2.